The van der Waals surface area contributed by atoms with Gasteiger partial charge in [0, 0.05) is 18.0 Å². The number of hydrogen-bond donors (Lipinski definition) is 2. The molecule has 5 nitrogen and oxygen atoms in total. The SMILES string of the molecule is CSCC(=O)Nc1ccc(NC(=O)[C@@H]2CCCO2)cc1. The summed E-state index contributed by atoms with van der Waals surface area (Å²) in [5, 5.41) is 5.59. The molecule has 6 heteroatoms. The molecule has 0 spiro atoms. The Hall–Kier alpha value is -1.53. The Morgan fingerprint density at radius 3 is 2.45 bits per heavy atom. The molecule has 1 aliphatic rings. The number of ether oxygens (including phenoxy) is 1. The van der Waals surface area contributed by atoms with Gasteiger partial charge in [0.2, 0.25) is 5.91 Å². The Bertz CT molecular complexity index is 470. The molecule has 0 unspecified atom stereocenters. The van der Waals surface area contributed by atoms with Gasteiger partial charge in [-0.15, -0.1) is 0 Å². The zero-order chi connectivity index (χ0) is 14.4. The molecule has 1 aromatic rings. The molecule has 1 heterocycles. The third kappa shape index (κ3) is 4.25. The van der Waals surface area contributed by atoms with E-state index in [1.807, 2.05) is 6.26 Å². The normalized spacial score (nSPS) is 17.8. The van der Waals surface area contributed by atoms with Crippen LogP contribution in [0.5, 0.6) is 0 Å². The van der Waals surface area contributed by atoms with Crippen LogP contribution in [0.1, 0.15) is 12.8 Å². The Balaban J connectivity index is 1.87. The zero-order valence-electron chi connectivity index (χ0n) is 11.3. The first kappa shape index (κ1) is 14.9. The number of nitrogens with one attached hydrogen (secondary N) is 2. The van der Waals surface area contributed by atoms with Crippen LogP contribution in [-0.4, -0.2) is 36.5 Å². The fourth-order valence-electron chi connectivity index (χ4n) is 1.97. The van der Waals surface area contributed by atoms with Gasteiger partial charge in [-0.05, 0) is 43.4 Å². The van der Waals surface area contributed by atoms with Crippen LogP contribution in [0.4, 0.5) is 11.4 Å². The molecule has 20 heavy (non-hydrogen) atoms. The Labute approximate surface area is 122 Å². The standard InChI is InChI=1S/C14H18N2O3S/c1-20-9-13(17)15-10-4-6-11(7-5-10)16-14(18)12-3-2-8-19-12/h4-7,12H,2-3,8-9H2,1H3,(H,15,17)(H,16,18)/t12-/m0/s1. The number of rotatable bonds is 5. The molecule has 1 atom stereocenters. The van der Waals surface area contributed by atoms with Gasteiger partial charge in [0.15, 0.2) is 0 Å². The second-order valence-corrected chi connectivity index (χ2v) is 5.42. The molecular weight excluding hydrogens is 276 g/mol. The maximum absolute atomic E-state index is 11.9. The maximum atomic E-state index is 11.9. The van der Waals surface area contributed by atoms with Crippen molar-refractivity contribution in [2.75, 3.05) is 29.2 Å². The van der Waals surface area contributed by atoms with Crippen LogP contribution in [0.3, 0.4) is 0 Å². The second-order valence-electron chi connectivity index (χ2n) is 4.55. The minimum atomic E-state index is -0.337. The van der Waals surface area contributed by atoms with Crippen LogP contribution >= 0.6 is 11.8 Å². The van der Waals surface area contributed by atoms with Gasteiger partial charge < -0.3 is 15.4 Å². The number of carbonyl (C=O) groups excluding carboxylic acids is 2. The molecule has 2 rings (SSSR count). The highest BCUT2D eigenvalue weighted by Gasteiger charge is 2.23. The smallest absolute Gasteiger partial charge is 0.253 e. The van der Waals surface area contributed by atoms with Crippen molar-refractivity contribution in [2.45, 2.75) is 18.9 Å². The Morgan fingerprint density at radius 2 is 1.90 bits per heavy atom. The van der Waals surface area contributed by atoms with Gasteiger partial charge in [-0.3, -0.25) is 9.59 Å². The summed E-state index contributed by atoms with van der Waals surface area (Å²) in [6.45, 7) is 0.651. The molecule has 1 saturated heterocycles. The highest BCUT2D eigenvalue weighted by atomic mass is 32.2. The van der Waals surface area contributed by atoms with Gasteiger partial charge in [-0.2, -0.15) is 11.8 Å². The number of benzene rings is 1. The highest BCUT2D eigenvalue weighted by molar-refractivity contribution is 7.99. The fourth-order valence-corrected chi connectivity index (χ4v) is 2.31. The van der Waals surface area contributed by atoms with Gasteiger partial charge in [0.05, 0.1) is 5.75 Å². The first-order valence-corrected chi connectivity index (χ1v) is 7.90. The first-order valence-electron chi connectivity index (χ1n) is 6.50. The summed E-state index contributed by atoms with van der Waals surface area (Å²) in [4.78, 5) is 23.3. The van der Waals surface area contributed by atoms with E-state index in [-0.39, 0.29) is 17.9 Å². The summed E-state index contributed by atoms with van der Waals surface area (Å²) in [6.07, 6.45) is 3.24. The average molecular weight is 294 g/mol. The van der Waals surface area contributed by atoms with Gasteiger partial charge >= 0.3 is 0 Å². The van der Waals surface area contributed by atoms with Crippen molar-refractivity contribution < 1.29 is 14.3 Å². The van der Waals surface area contributed by atoms with E-state index in [4.69, 9.17) is 4.74 Å². The summed E-state index contributed by atoms with van der Waals surface area (Å²) in [7, 11) is 0. The molecular formula is C14H18N2O3S. The van der Waals surface area contributed by atoms with Crippen molar-refractivity contribution in [3.05, 3.63) is 24.3 Å². The molecule has 0 aromatic heterocycles. The summed E-state index contributed by atoms with van der Waals surface area (Å²) in [6, 6.07) is 7.07. The minimum absolute atomic E-state index is 0.0337. The lowest BCUT2D eigenvalue weighted by Crippen LogP contribution is -2.26. The largest absolute Gasteiger partial charge is 0.368 e. The summed E-state index contributed by atoms with van der Waals surface area (Å²) < 4.78 is 5.32. The van der Waals surface area contributed by atoms with E-state index in [0.29, 0.717) is 18.0 Å². The second kappa shape index (κ2) is 7.31. The molecule has 2 amide bonds. The average Bonchev–Trinajstić information content (AvgIpc) is 2.95. The fraction of sp³-hybridized carbons (Fsp3) is 0.429. The van der Waals surface area contributed by atoms with Crippen molar-refractivity contribution in [2.24, 2.45) is 0 Å². The van der Waals surface area contributed by atoms with Crippen molar-refractivity contribution >= 4 is 35.0 Å². The number of amides is 2. The molecule has 2 N–H and O–H groups in total. The maximum Gasteiger partial charge on any atom is 0.253 e. The van der Waals surface area contributed by atoms with Crippen molar-refractivity contribution in [3.63, 3.8) is 0 Å². The lowest BCUT2D eigenvalue weighted by Gasteiger charge is -2.11. The van der Waals surface area contributed by atoms with Crippen molar-refractivity contribution in [1.82, 2.24) is 0 Å². The van der Waals surface area contributed by atoms with E-state index in [2.05, 4.69) is 10.6 Å². The molecule has 0 aliphatic carbocycles. The Morgan fingerprint density at radius 1 is 1.25 bits per heavy atom. The molecule has 1 aromatic carbocycles. The molecule has 108 valence electrons. The highest BCUT2D eigenvalue weighted by Crippen LogP contribution is 2.17. The van der Waals surface area contributed by atoms with Gasteiger partial charge in [-0.25, -0.2) is 0 Å². The van der Waals surface area contributed by atoms with Crippen LogP contribution in [0.2, 0.25) is 0 Å². The van der Waals surface area contributed by atoms with E-state index in [9.17, 15) is 9.59 Å². The molecule has 0 bridgehead atoms. The first-order chi connectivity index (χ1) is 9.69. The molecule has 1 fully saturated rings. The van der Waals surface area contributed by atoms with Crippen LogP contribution in [-0.2, 0) is 14.3 Å². The third-order valence-corrected chi connectivity index (χ3v) is 3.48. The number of hydrogen-bond acceptors (Lipinski definition) is 4. The number of carbonyl (C=O) groups is 2. The van der Waals surface area contributed by atoms with Crippen LogP contribution < -0.4 is 10.6 Å². The minimum Gasteiger partial charge on any atom is -0.368 e. The van der Waals surface area contributed by atoms with Crippen LogP contribution in [0.15, 0.2) is 24.3 Å². The summed E-state index contributed by atoms with van der Waals surface area (Å²) in [5.41, 5.74) is 1.42. The van der Waals surface area contributed by atoms with Crippen molar-refractivity contribution in [3.8, 4) is 0 Å². The van der Waals surface area contributed by atoms with Gasteiger partial charge in [-0.1, -0.05) is 0 Å². The summed E-state index contributed by atoms with van der Waals surface area (Å²) in [5.74, 6) is 0.285. The predicted molar refractivity (Wildman–Crippen MR) is 81.1 cm³/mol. The quantitative estimate of drug-likeness (QED) is 0.873. The van der Waals surface area contributed by atoms with E-state index in [1.54, 1.807) is 24.3 Å². The van der Waals surface area contributed by atoms with Gasteiger partial charge in [0.25, 0.3) is 5.91 Å². The monoisotopic (exact) mass is 294 g/mol. The Kier molecular flexibility index (Phi) is 5.43. The summed E-state index contributed by atoms with van der Waals surface area (Å²) >= 11 is 1.47. The molecule has 0 radical (unpaired) electrons. The zero-order valence-corrected chi connectivity index (χ0v) is 12.2. The van der Waals surface area contributed by atoms with E-state index >= 15 is 0 Å². The van der Waals surface area contributed by atoms with E-state index in [0.717, 1.165) is 18.5 Å². The van der Waals surface area contributed by atoms with Gasteiger partial charge in [0.1, 0.15) is 6.10 Å². The number of thioether (sulfide) groups is 1. The van der Waals surface area contributed by atoms with Crippen LogP contribution in [0.25, 0.3) is 0 Å². The van der Waals surface area contributed by atoms with E-state index in [1.165, 1.54) is 11.8 Å². The topological polar surface area (TPSA) is 67.4 Å². The lowest BCUT2D eigenvalue weighted by molar-refractivity contribution is -0.124. The molecule has 1 aliphatic heterocycles. The van der Waals surface area contributed by atoms with E-state index < -0.39 is 0 Å². The van der Waals surface area contributed by atoms with Crippen LogP contribution in [0, 0.1) is 0 Å². The van der Waals surface area contributed by atoms with Crippen molar-refractivity contribution in [1.29, 1.82) is 0 Å². The number of anilines is 2. The predicted octanol–water partition coefficient (Wildman–Crippen LogP) is 2.11. The molecule has 0 saturated carbocycles. The third-order valence-electron chi connectivity index (χ3n) is 2.93. The lowest BCUT2D eigenvalue weighted by atomic mass is 10.2.